The van der Waals surface area contributed by atoms with Gasteiger partial charge in [0.2, 0.25) is 0 Å². The van der Waals surface area contributed by atoms with Gasteiger partial charge in [-0.2, -0.15) is 0 Å². The van der Waals surface area contributed by atoms with Gasteiger partial charge in [-0.05, 0) is 28.4 Å². The van der Waals surface area contributed by atoms with Crippen molar-refractivity contribution in [3.63, 3.8) is 0 Å². The highest BCUT2D eigenvalue weighted by Gasteiger charge is 2.14. The Labute approximate surface area is 143 Å². The monoisotopic (exact) mass is 364 g/mol. The second-order valence-corrected chi connectivity index (χ2v) is 5.87. The third-order valence-electron chi connectivity index (χ3n) is 3.47. The number of nitrogens with zero attached hydrogens (tertiary/aromatic N) is 3. The highest BCUT2D eigenvalue weighted by atomic mass is 79.9. The third kappa shape index (κ3) is 3.08. The maximum atomic E-state index is 7.05. The van der Waals surface area contributed by atoms with Crippen molar-refractivity contribution in [1.82, 2.24) is 9.97 Å². The van der Waals surface area contributed by atoms with E-state index < -0.39 is 0 Å². The van der Waals surface area contributed by atoms with Crippen LogP contribution < -0.4 is 5.73 Å². The summed E-state index contributed by atoms with van der Waals surface area (Å²) in [5.41, 5.74) is 11.0. The Balaban J connectivity index is 2.20. The summed E-state index contributed by atoms with van der Waals surface area (Å²) >= 11 is 3.34. The number of hydrogen-bond donors (Lipinski definition) is 1. The van der Waals surface area contributed by atoms with Crippen molar-refractivity contribution >= 4 is 27.4 Å². The van der Waals surface area contributed by atoms with Crippen LogP contribution in [0.25, 0.3) is 27.4 Å². The molecule has 2 N–H and O–H groups in total. The van der Waals surface area contributed by atoms with E-state index in [4.69, 9.17) is 12.3 Å². The third-order valence-corrected chi connectivity index (χ3v) is 4.06. The molecule has 0 saturated heterocycles. The molecule has 3 rings (SSSR count). The van der Waals surface area contributed by atoms with Crippen LogP contribution in [0, 0.1) is 13.5 Å². The fourth-order valence-electron chi connectivity index (χ4n) is 2.24. The molecule has 0 bridgehead atoms. The molecule has 0 spiro atoms. The van der Waals surface area contributed by atoms with Crippen molar-refractivity contribution in [1.29, 1.82) is 0 Å². The minimum atomic E-state index is 0.349. The average Bonchev–Trinajstić information content (AvgIpc) is 2.58. The van der Waals surface area contributed by atoms with Crippen molar-refractivity contribution in [2.75, 3.05) is 5.73 Å². The summed E-state index contributed by atoms with van der Waals surface area (Å²) in [4.78, 5) is 12.5. The number of benzene rings is 2. The predicted octanol–water partition coefficient (Wildman–Crippen LogP) is 5.01. The standard InChI is InChI=1S/C18H13BrN4/c1-11-3-5-12(6-4-11)16-15(22-17(19)18(20)23-16)13-7-9-14(21-2)10-8-13/h3-10H,1H3,(H2,20,23). The summed E-state index contributed by atoms with van der Waals surface area (Å²) in [5.74, 6) is 0.349. The minimum Gasteiger partial charge on any atom is -0.381 e. The molecular weight excluding hydrogens is 352 g/mol. The normalized spacial score (nSPS) is 10.3. The van der Waals surface area contributed by atoms with Crippen LogP contribution in [0.4, 0.5) is 11.5 Å². The zero-order valence-electron chi connectivity index (χ0n) is 12.4. The van der Waals surface area contributed by atoms with E-state index in [1.807, 2.05) is 43.3 Å². The van der Waals surface area contributed by atoms with E-state index >= 15 is 0 Å². The van der Waals surface area contributed by atoms with Crippen LogP contribution in [0.1, 0.15) is 5.56 Å². The van der Waals surface area contributed by atoms with Crippen LogP contribution in [0.2, 0.25) is 0 Å². The zero-order chi connectivity index (χ0) is 16.4. The van der Waals surface area contributed by atoms with Crippen molar-refractivity contribution in [3.8, 4) is 22.5 Å². The fourth-order valence-corrected chi connectivity index (χ4v) is 2.50. The topological polar surface area (TPSA) is 56.2 Å². The number of nitrogen functional groups attached to an aromatic ring is 1. The van der Waals surface area contributed by atoms with Crippen molar-refractivity contribution < 1.29 is 0 Å². The van der Waals surface area contributed by atoms with Crippen molar-refractivity contribution in [3.05, 3.63) is 70.1 Å². The van der Waals surface area contributed by atoms with Crippen LogP contribution in [-0.4, -0.2) is 9.97 Å². The highest BCUT2D eigenvalue weighted by Crippen LogP contribution is 2.33. The molecule has 1 heterocycles. The van der Waals surface area contributed by atoms with E-state index in [-0.39, 0.29) is 0 Å². The first-order valence-corrected chi connectivity index (χ1v) is 7.76. The Hall–Kier alpha value is -2.71. The average molecular weight is 365 g/mol. The van der Waals surface area contributed by atoms with Gasteiger partial charge in [-0.1, -0.05) is 54.1 Å². The van der Waals surface area contributed by atoms with Gasteiger partial charge in [0, 0.05) is 5.56 Å². The van der Waals surface area contributed by atoms with Gasteiger partial charge < -0.3 is 5.73 Å². The number of nitrogens with two attached hydrogens (primary N) is 1. The summed E-state index contributed by atoms with van der Waals surface area (Å²) in [7, 11) is 0. The lowest BCUT2D eigenvalue weighted by molar-refractivity contribution is 1.18. The van der Waals surface area contributed by atoms with Gasteiger partial charge >= 0.3 is 0 Å². The van der Waals surface area contributed by atoms with Crippen LogP contribution in [0.3, 0.4) is 0 Å². The van der Waals surface area contributed by atoms with Crippen LogP contribution in [-0.2, 0) is 0 Å². The summed E-state index contributed by atoms with van der Waals surface area (Å²) in [6.07, 6.45) is 0. The molecule has 0 atom stereocenters. The smallest absolute Gasteiger partial charge is 0.187 e. The molecule has 0 fully saturated rings. The summed E-state index contributed by atoms with van der Waals surface area (Å²) < 4.78 is 0.512. The van der Waals surface area contributed by atoms with Crippen molar-refractivity contribution in [2.24, 2.45) is 0 Å². The number of aryl methyl sites for hydroxylation is 1. The number of hydrogen-bond acceptors (Lipinski definition) is 3. The largest absolute Gasteiger partial charge is 0.381 e. The highest BCUT2D eigenvalue weighted by molar-refractivity contribution is 9.10. The van der Waals surface area contributed by atoms with Crippen molar-refractivity contribution in [2.45, 2.75) is 6.92 Å². The molecule has 0 aliphatic rings. The van der Waals surface area contributed by atoms with Crippen LogP contribution >= 0.6 is 15.9 Å². The van der Waals surface area contributed by atoms with Crippen LogP contribution in [0.15, 0.2) is 53.1 Å². The molecule has 0 aliphatic heterocycles. The molecule has 3 aromatic rings. The Morgan fingerprint density at radius 3 is 2.00 bits per heavy atom. The molecule has 1 aromatic heterocycles. The van der Waals surface area contributed by atoms with E-state index in [0.29, 0.717) is 16.1 Å². The molecule has 112 valence electrons. The number of halogens is 1. The minimum absolute atomic E-state index is 0.349. The van der Waals surface area contributed by atoms with Gasteiger partial charge in [-0.25, -0.2) is 14.8 Å². The maximum Gasteiger partial charge on any atom is 0.187 e. The first kappa shape index (κ1) is 15.2. The molecule has 23 heavy (non-hydrogen) atoms. The zero-order valence-corrected chi connectivity index (χ0v) is 14.0. The molecule has 0 radical (unpaired) electrons. The fraction of sp³-hybridized carbons (Fsp3) is 0.0556. The number of anilines is 1. The Morgan fingerprint density at radius 1 is 0.913 bits per heavy atom. The van der Waals surface area contributed by atoms with Crippen LogP contribution in [0.5, 0.6) is 0 Å². The Morgan fingerprint density at radius 2 is 1.43 bits per heavy atom. The molecular formula is C18H13BrN4. The van der Waals surface area contributed by atoms with Gasteiger partial charge in [0.15, 0.2) is 11.5 Å². The Kier molecular flexibility index (Phi) is 4.09. The van der Waals surface area contributed by atoms with E-state index in [1.54, 1.807) is 12.1 Å². The summed E-state index contributed by atoms with van der Waals surface area (Å²) in [5, 5.41) is 0. The van der Waals surface area contributed by atoms with Gasteiger partial charge in [0.05, 0.1) is 18.0 Å². The first-order chi connectivity index (χ1) is 11.1. The van der Waals surface area contributed by atoms with E-state index in [1.165, 1.54) is 5.56 Å². The first-order valence-electron chi connectivity index (χ1n) is 6.96. The predicted molar refractivity (Wildman–Crippen MR) is 96.0 cm³/mol. The number of rotatable bonds is 2. The number of aromatic nitrogens is 2. The quantitative estimate of drug-likeness (QED) is 0.649. The summed E-state index contributed by atoms with van der Waals surface area (Å²) in [6.45, 7) is 9.09. The summed E-state index contributed by atoms with van der Waals surface area (Å²) in [6, 6.07) is 15.4. The molecule has 4 nitrogen and oxygen atoms in total. The SMILES string of the molecule is [C-]#[N+]c1ccc(-c2nc(Br)c(N)nc2-c2ccc(C)cc2)cc1. The lowest BCUT2D eigenvalue weighted by Gasteiger charge is -2.11. The van der Waals surface area contributed by atoms with E-state index in [2.05, 4.69) is 30.7 Å². The molecule has 0 saturated carbocycles. The molecule has 2 aromatic carbocycles. The Bertz CT molecular complexity index is 894. The molecule has 5 heteroatoms. The lowest BCUT2D eigenvalue weighted by Crippen LogP contribution is -2.00. The maximum absolute atomic E-state index is 7.05. The van der Waals surface area contributed by atoms with Gasteiger partial charge in [-0.3, -0.25) is 0 Å². The van der Waals surface area contributed by atoms with Gasteiger partial charge in [0.1, 0.15) is 4.60 Å². The van der Waals surface area contributed by atoms with E-state index in [9.17, 15) is 0 Å². The molecule has 0 unspecified atom stereocenters. The van der Waals surface area contributed by atoms with E-state index in [0.717, 1.165) is 22.5 Å². The second kappa shape index (κ2) is 6.19. The molecule has 0 amide bonds. The van der Waals surface area contributed by atoms with Gasteiger partial charge in [0.25, 0.3) is 0 Å². The second-order valence-electron chi connectivity index (χ2n) is 5.12. The lowest BCUT2D eigenvalue weighted by atomic mass is 10.0. The molecule has 0 aliphatic carbocycles. The van der Waals surface area contributed by atoms with Gasteiger partial charge in [-0.15, -0.1) is 0 Å².